The van der Waals surface area contributed by atoms with Crippen LogP contribution in [0.1, 0.15) is 17.3 Å². The minimum Gasteiger partial charge on any atom is -0.420 e. The second-order valence-electron chi connectivity index (χ2n) is 4.36. The number of aryl methyl sites for hydroxylation is 2. The molecule has 0 aliphatic rings. The fourth-order valence-electron chi connectivity index (χ4n) is 1.72. The van der Waals surface area contributed by atoms with Crippen LogP contribution >= 0.6 is 11.8 Å². The van der Waals surface area contributed by atoms with Crippen LogP contribution in [0.5, 0.6) is 0 Å². The van der Waals surface area contributed by atoms with Crippen LogP contribution in [0.25, 0.3) is 11.5 Å². The summed E-state index contributed by atoms with van der Waals surface area (Å²) < 4.78 is 5.64. The van der Waals surface area contributed by atoms with Crippen LogP contribution in [-0.2, 0) is 5.75 Å². The van der Waals surface area contributed by atoms with Gasteiger partial charge in [0.2, 0.25) is 16.9 Å². The summed E-state index contributed by atoms with van der Waals surface area (Å²) in [7, 11) is 0. The van der Waals surface area contributed by atoms with Gasteiger partial charge in [0.25, 0.3) is 0 Å². The Hall–Kier alpha value is -2.15. The number of hydrogen-bond donors (Lipinski definition) is 1. The average molecular weight is 287 g/mol. The standard InChI is InChI=1S/C13H13N5OS/c1-8-4-3-5-10(6-8)12-17-16-11(19-12)7-20-13-14-9(2)15-18-13/h3-6H,7H2,1-2H3,(H,14,15,18). The fraction of sp³-hybridized carbons (Fsp3) is 0.231. The summed E-state index contributed by atoms with van der Waals surface area (Å²) in [6.07, 6.45) is 0. The number of nitrogens with one attached hydrogen (secondary N) is 1. The van der Waals surface area contributed by atoms with Crippen LogP contribution in [0, 0.1) is 13.8 Å². The molecule has 0 unspecified atom stereocenters. The first kappa shape index (κ1) is 12.9. The number of aromatic amines is 1. The Labute approximate surface area is 120 Å². The van der Waals surface area contributed by atoms with E-state index in [2.05, 4.69) is 25.4 Å². The fourth-order valence-corrected chi connectivity index (χ4v) is 2.40. The molecule has 3 rings (SSSR count). The maximum absolute atomic E-state index is 5.64. The van der Waals surface area contributed by atoms with Crippen LogP contribution in [0.2, 0.25) is 0 Å². The smallest absolute Gasteiger partial charge is 0.247 e. The van der Waals surface area contributed by atoms with Crippen LogP contribution < -0.4 is 0 Å². The molecular weight excluding hydrogens is 274 g/mol. The molecule has 0 fully saturated rings. The van der Waals surface area contributed by atoms with E-state index in [1.165, 1.54) is 11.8 Å². The first-order valence-electron chi connectivity index (χ1n) is 6.12. The van der Waals surface area contributed by atoms with Gasteiger partial charge in [-0.1, -0.05) is 29.5 Å². The summed E-state index contributed by atoms with van der Waals surface area (Å²) in [6.45, 7) is 3.89. The molecule has 0 aliphatic heterocycles. The maximum atomic E-state index is 5.64. The van der Waals surface area contributed by atoms with Crippen LogP contribution in [0.15, 0.2) is 33.8 Å². The second-order valence-corrected chi connectivity index (χ2v) is 5.31. The summed E-state index contributed by atoms with van der Waals surface area (Å²) in [6, 6.07) is 7.97. The van der Waals surface area contributed by atoms with Crippen LogP contribution in [0.3, 0.4) is 0 Å². The third-order valence-electron chi connectivity index (χ3n) is 2.63. The molecule has 6 nitrogen and oxygen atoms in total. The van der Waals surface area contributed by atoms with Crippen molar-refractivity contribution in [1.82, 2.24) is 25.4 Å². The zero-order valence-electron chi connectivity index (χ0n) is 11.1. The van der Waals surface area contributed by atoms with Crippen molar-refractivity contribution in [2.24, 2.45) is 0 Å². The van der Waals surface area contributed by atoms with Gasteiger partial charge < -0.3 is 4.42 Å². The van der Waals surface area contributed by atoms with Crippen molar-refractivity contribution in [1.29, 1.82) is 0 Å². The third kappa shape index (κ3) is 2.88. The molecule has 102 valence electrons. The van der Waals surface area contributed by atoms with Gasteiger partial charge in [-0.3, -0.25) is 5.10 Å². The Kier molecular flexibility index (Phi) is 3.51. The Morgan fingerprint density at radius 1 is 1.25 bits per heavy atom. The van der Waals surface area contributed by atoms with Gasteiger partial charge in [0.1, 0.15) is 5.82 Å². The molecule has 0 aliphatic carbocycles. The molecule has 2 aromatic heterocycles. The molecule has 20 heavy (non-hydrogen) atoms. The molecular formula is C13H13N5OS. The lowest BCUT2D eigenvalue weighted by molar-refractivity contribution is 0.528. The molecule has 7 heteroatoms. The van der Waals surface area contributed by atoms with Gasteiger partial charge in [-0.15, -0.1) is 15.3 Å². The Bertz CT molecular complexity index is 721. The molecule has 0 spiro atoms. The SMILES string of the molecule is Cc1cccc(-c2nnc(CSc3n[nH]c(C)n3)o2)c1. The van der Waals surface area contributed by atoms with Gasteiger partial charge in [0.05, 0.1) is 5.75 Å². The minimum atomic E-state index is 0.537. The molecule has 0 radical (unpaired) electrons. The monoisotopic (exact) mass is 287 g/mol. The largest absolute Gasteiger partial charge is 0.420 e. The lowest BCUT2D eigenvalue weighted by Crippen LogP contribution is -1.82. The molecule has 0 atom stereocenters. The van der Waals surface area contributed by atoms with Gasteiger partial charge in [-0.2, -0.15) is 0 Å². The van der Waals surface area contributed by atoms with Crippen molar-refractivity contribution in [2.75, 3.05) is 0 Å². The second kappa shape index (κ2) is 5.46. The van der Waals surface area contributed by atoms with E-state index in [-0.39, 0.29) is 0 Å². The number of H-pyrrole nitrogens is 1. The lowest BCUT2D eigenvalue weighted by atomic mass is 10.1. The summed E-state index contributed by atoms with van der Waals surface area (Å²) in [5.41, 5.74) is 2.09. The summed E-state index contributed by atoms with van der Waals surface area (Å²) in [4.78, 5) is 4.21. The molecule has 0 bridgehead atoms. The van der Waals surface area contributed by atoms with Gasteiger partial charge in [-0.25, -0.2) is 4.98 Å². The number of hydrogen-bond acceptors (Lipinski definition) is 6. The van der Waals surface area contributed by atoms with Gasteiger partial charge >= 0.3 is 0 Å². The Morgan fingerprint density at radius 3 is 2.90 bits per heavy atom. The molecule has 2 heterocycles. The first-order chi connectivity index (χ1) is 9.70. The molecule has 1 N–H and O–H groups in total. The van der Waals surface area contributed by atoms with Gasteiger partial charge in [0, 0.05) is 5.56 Å². The summed E-state index contributed by atoms with van der Waals surface area (Å²) in [5, 5.41) is 15.6. The van der Waals surface area contributed by atoms with Crippen molar-refractivity contribution in [3.05, 3.63) is 41.5 Å². The quantitative estimate of drug-likeness (QED) is 0.743. The first-order valence-corrected chi connectivity index (χ1v) is 7.10. The van der Waals surface area contributed by atoms with Gasteiger partial charge in [-0.05, 0) is 26.0 Å². The number of thioether (sulfide) groups is 1. The summed E-state index contributed by atoms with van der Waals surface area (Å²) in [5.74, 6) is 2.44. The third-order valence-corrected chi connectivity index (χ3v) is 3.47. The van der Waals surface area contributed by atoms with E-state index in [1.54, 1.807) is 0 Å². The van der Waals surface area contributed by atoms with Crippen molar-refractivity contribution in [3.8, 4) is 11.5 Å². The highest BCUT2D eigenvalue weighted by molar-refractivity contribution is 7.98. The number of rotatable bonds is 4. The highest BCUT2D eigenvalue weighted by Gasteiger charge is 2.10. The normalized spacial score (nSPS) is 10.9. The van der Waals surface area contributed by atoms with Crippen molar-refractivity contribution in [3.63, 3.8) is 0 Å². The summed E-state index contributed by atoms with van der Waals surface area (Å²) >= 11 is 1.46. The lowest BCUT2D eigenvalue weighted by Gasteiger charge is -1.96. The van der Waals surface area contributed by atoms with E-state index in [1.807, 2.05) is 38.1 Å². The predicted molar refractivity (Wildman–Crippen MR) is 75.2 cm³/mol. The molecule has 0 saturated carbocycles. The Balaban J connectivity index is 1.70. The van der Waals surface area contributed by atoms with Crippen LogP contribution in [-0.4, -0.2) is 25.4 Å². The van der Waals surface area contributed by atoms with E-state index in [0.717, 1.165) is 17.0 Å². The number of nitrogens with zero attached hydrogens (tertiary/aromatic N) is 4. The highest BCUT2D eigenvalue weighted by Crippen LogP contribution is 2.22. The van der Waals surface area contributed by atoms with E-state index in [4.69, 9.17) is 4.42 Å². The van der Waals surface area contributed by atoms with Crippen molar-refractivity contribution >= 4 is 11.8 Å². The number of benzene rings is 1. The topological polar surface area (TPSA) is 80.5 Å². The van der Waals surface area contributed by atoms with E-state index in [0.29, 0.717) is 22.7 Å². The molecule has 0 saturated heterocycles. The van der Waals surface area contributed by atoms with E-state index >= 15 is 0 Å². The molecule has 0 amide bonds. The van der Waals surface area contributed by atoms with E-state index < -0.39 is 0 Å². The van der Waals surface area contributed by atoms with Crippen LogP contribution in [0.4, 0.5) is 0 Å². The zero-order chi connectivity index (χ0) is 13.9. The predicted octanol–water partition coefficient (Wildman–Crippen LogP) is 2.76. The van der Waals surface area contributed by atoms with Crippen molar-refractivity contribution < 1.29 is 4.42 Å². The average Bonchev–Trinajstić information content (AvgIpc) is 3.05. The van der Waals surface area contributed by atoms with Crippen molar-refractivity contribution in [2.45, 2.75) is 24.8 Å². The molecule has 1 aromatic carbocycles. The number of aromatic nitrogens is 5. The zero-order valence-corrected chi connectivity index (χ0v) is 11.9. The van der Waals surface area contributed by atoms with E-state index in [9.17, 15) is 0 Å². The minimum absolute atomic E-state index is 0.537. The Morgan fingerprint density at radius 2 is 2.15 bits per heavy atom. The highest BCUT2D eigenvalue weighted by atomic mass is 32.2. The van der Waals surface area contributed by atoms with Gasteiger partial charge in [0.15, 0.2) is 0 Å². The maximum Gasteiger partial charge on any atom is 0.247 e. The molecule has 3 aromatic rings.